The Kier molecular flexibility index (Phi) is 5.04. The number of primary sulfonamides is 1. The molecule has 4 rings (SSSR count). The number of sulfonamides is 1. The van der Waals surface area contributed by atoms with E-state index in [0.29, 0.717) is 31.9 Å². The van der Waals surface area contributed by atoms with Crippen LogP contribution in [-0.2, 0) is 10.0 Å². The number of para-hydroxylation sites is 1. The summed E-state index contributed by atoms with van der Waals surface area (Å²) in [5.74, 6) is 0.880. The standard InChI is InChI=1S/C20H21N5O4S/c1-14-12-20(22-17-5-3-2-4-16(14)17)24-10-8-23(9-11-24)18-7-6-15(30(21,28)29)13-19(18)25(26)27/h2-7,12-13H,8-11H2,1H3,(H2,21,28,29). The number of rotatable bonds is 4. The Bertz CT molecular complexity index is 1240. The molecule has 0 saturated carbocycles. The molecule has 2 N–H and O–H groups in total. The van der Waals surface area contributed by atoms with Crippen molar-refractivity contribution < 1.29 is 13.3 Å². The van der Waals surface area contributed by atoms with Crippen LogP contribution in [0.3, 0.4) is 0 Å². The van der Waals surface area contributed by atoms with E-state index in [2.05, 4.69) is 17.9 Å². The number of aryl methyl sites for hydroxylation is 1. The molecule has 2 aromatic carbocycles. The molecule has 0 amide bonds. The minimum atomic E-state index is -4.01. The highest BCUT2D eigenvalue weighted by molar-refractivity contribution is 7.89. The molecule has 10 heteroatoms. The lowest BCUT2D eigenvalue weighted by Gasteiger charge is -2.36. The molecular weight excluding hydrogens is 406 g/mol. The van der Waals surface area contributed by atoms with Crippen LogP contribution in [0.4, 0.5) is 17.2 Å². The van der Waals surface area contributed by atoms with E-state index in [-0.39, 0.29) is 10.6 Å². The van der Waals surface area contributed by atoms with Crippen LogP contribution in [0.25, 0.3) is 10.9 Å². The average molecular weight is 427 g/mol. The lowest BCUT2D eigenvalue weighted by Crippen LogP contribution is -2.47. The van der Waals surface area contributed by atoms with E-state index in [0.717, 1.165) is 28.4 Å². The minimum absolute atomic E-state index is 0.269. The maximum absolute atomic E-state index is 11.5. The number of hydrogen-bond acceptors (Lipinski definition) is 7. The highest BCUT2D eigenvalue weighted by Crippen LogP contribution is 2.32. The summed E-state index contributed by atoms with van der Waals surface area (Å²) >= 11 is 0. The molecule has 1 aliphatic rings. The number of nitro groups is 1. The number of aromatic nitrogens is 1. The molecule has 9 nitrogen and oxygen atoms in total. The molecule has 1 saturated heterocycles. The SMILES string of the molecule is Cc1cc(N2CCN(c3ccc(S(N)(=O)=O)cc3[N+](=O)[O-])CC2)nc2ccccc12. The van der Waals surface area contributed by atoms with Crippen LogP contribution in [-0.4, -0.2) is 44.5 Å². The second-order valence-electron chi connectivity index (χ2n) is 7.24. The Morgan fingerprint density at radius 2 is 1.70 bits per heavy atom. The molecule has 30 heavy (non-hydrogen) atoms. The lowest BCUT2D eigenvalue weighted by molar-refractivity contribution is -0.384. The number of anilines is 2. The van der Waals surface area contributed by atoms with E-state index in [1.54, 1.807) is 0 Å². The fourth-order valence-corrected chi connectivity index (χ4v) is 4.30. The summed E-state index contributed by atoms with van der Waals surface area (Å²) < 4.78 is 23.1. The molecule has 0 radical (unpaired) electrons. The van der Waals surface area contributed by atoms with E-state index in [1.165, 1.54) is 12.1 Å². The van der Waals surface area contributed by atoms with Crippen molar-refractivity contribution in [3.05, 3.63) is 64.2 Å². The molecular formula is C20H21N5O4S. The summed E-state index contributed by atoms with van der Waals surface area (Å²) in [5, 5.41) is 17.7. The number of piperazine rings is 1. The highest BCUT2D eigenvalue weighted by Gasteiger charge is 2.26. The second-order valence-corrected chi connectivity index (χ2v) is 8.80. The minimum Gasteiger partial charge on any atom is -0.362 e. The predicted octanol–water partition coefficient (Wildman–Crippen LogP) is 2.43. The fraction of sp³-hybridized carbons (Fsp3) is 0.250. The van der Waals surface area contributed by atoms with Crippen molar-refractivity contribution in [2.24, 2.45) is 5.14 Å². The quantitative estimate of drug-likeness (QED) is 0.501. The van der Waals surface area contributed by atoms with Gasteiger partial charge in [0.2, 0.25) is 10.0 Å². The lowest BCUT2D eigenvalue weighted by atomic mass is 10.1. The first-order valence-corrected chi connectivity index (χ1v) is 11.0. The first-order valence-electron chi connectivity index (χ1n) is 9.41. The van der Waals surface area contributed by atoms with E-state index in [1.807, 2.05) is 29.2 Å². The molecule has 0 bridgehead atoms. The van der Waals surface area contributed by atoms with Gasteiger partial charge in [-0.2, -0.15) is 0 Å². The summed E-state index contributed by atoms with van der Waals surface area (Å²) in [7, 11) is -4.01. The monoisotopic (exact) mass is 427 g/mol. The van der Waals surface area contributed by atoms with Crippen molar-refractivity contribution in [2.75, 3.05) is 36.0 Å². The first-order chi connectivity index (χ1) is 14.2. The zero-order chi connectivity index (χ0) is 21.5. The van der Waals surface area contributed by atoms with E-state index >= 15 is 0 Å². The molecule has 156 valence electrons. The fourth-order valence-electron chi connectivity index (χ4n) is 3.76. The van der Waals surface area contributed by atoms with Gasteiger partial charge < -0.3 is 9.80 Å². The first kappa shape index (κ1) is 20.0. The topological polar surface area (TPSA) is 123 Å². The summed E-state index contributed by atoms with van der Waals surface area (Å²) in [6, 6.07) is 13.8. The van der Waals surface area contributed by atoms with Crippen LogP contribution >= 0.6 is 0 Å². The summed E-state index contributed by atoms with van der Waals surface area (Å²) in [4.78, 5) is 19.5. The van der Waals surface area contributed by atoms with Crippen LogP contribution in [0.15, 0.2) is 53.4 Å². The summed E-state index contributed by atoms with van der Waals surface area (Å²) in [6.45, 7) is 4.42. The van der Waals surface area contributed by atoms with Gasteiger partial charge in [-0.1, -0.05) is 18.2 Å². The van der Waals surface area contributed by atoms with Crippen molar-refractivity contribution in [1.29, 1.82) is 0 Å². The van der Waals surface area contributed by atoms with Crippen molar-refractivity contribution in [2.45, 2.75) is 11.8 Å². The Balaban J connectivity index is 1.57. The van der Waals surface area contributed by atoms with Gasteiger partial charge in [0.1, 0.15) is 11.5 Å². The molecule has 0 unspecified atom stereocenters. The maximum atomic E-state index is 11.5. The third-order valence-electron chi connectivity index (χ3n) is 5.33. The van der Waals surface area contributed by atoms with Crippen LogP contribution in [0.2, 0.25) is 0 Å². The van der Waals surface area contributed by atoms with Gasteiger partial charge in [-0.15, -0.1) is 0 Å². The number of fused-ring (bicyclic) bond motifs is 1. The van der Waals surface area contributed by atoms with Gasteiger partial charge in [0, 0.05) is 37.6 Å². The molecule has 1 aromatic heterocycles. The number of nitrogens with zero attached hydrogens (tertiary/aromatic N) is 4. The predicted molar refractivity (Wildman–Crippen MR) is 115 cm³/mol. The van der Waals surface area contributed by atoms with Gasteiger partial charge >= 0.3 is 0 Å². The normalized spacial score (nSPS) is 14.9. The van der Waals surface area contributed by atoms with E-state index in [9.17, 15) is 18.5 Å². The molecule has 1 fully saturated rings. The molecule has 1 aliphatic heterocycles. The van der Waals surface area contributed by atoms with Crippen molar-refractivity contribution >= 4 is 38.1 Å². The van der Waals surface area contributed by atoms with Crippen molar-refractivity contribution in [3.8, 4) is 0 Å². The third kappa shape index (κ3) is 3.79. The maximum Gasteiger partial charge on any atom is 0.293 e. The number of pyridine rings is 1. The Hall–Kier alpha value is -3.24. The molecule has 0 aliphatic carbocycles. The van der Waals surface area contributed by atoms with Gasteiger partial charge in [-0.3, -0.25) is 10.1 Å². The zero-order valence-corrected chi connectivity index (χ0v) is 17.2. The largest absolute Gasteiger partial charge is 0.362 e. The third-order valence-corrected chi connectivity index (χ3v) is 6.24. The zero-order valence-electron chi connectivity index (χ0n) is 16.4. The van der Waals surface area contributed by atoms with E-state index < -0.39 is 14.9 Å². The van der Waals surface area contributed by atoms with Crippen LogP contribution < -0.4 is 14.9 Å². The number of benzene rings is 2. The number of nitro benzene ring substituents is 1. The molecule has 3 aromatic rings. The van der Waals surface area contributed by atoms with Crippen molar-refractivity contribution in [1.82, 2.24) is 4.98 Å². The number of nitrogens with two attached hydrogens (primary N) is 1. The molecule has 0 spiro atoms. The Morgan fingerprint density at radius 3 is 2.37 bits per heavy atom. The summed E-state index contributed by atoms with van der Waals surface area (Å²) in [5.41, 5.74) is 2.20. The molecule has 0 atom stereocenters. The summed E-state index contributed by atoms with van der Waals surface area (Å²) in [6.07, 6.45) is 0. The van der Waals surface area contributed by atoms with Gasteiger partial charge in [0.15, 0.2) is 0 Å². The number of hydrogen-bond donors (Lipinski definition) is 1. The smallest absolute Gasteiger partial charge is 0.293 e. The van der Waals surface area contributed by atoms with Gasteiger partial charge in [0.05, 0.1) is 15.3 Å². The van der Waals surface area contributed by atoms with Crippen LogP contribution in [0.1, 0.15) is 5.56 Å². The van der Waals surface area contributed by atoms with Crippen LogP contribution in [0, 0.1) is 17.0 Å². The Labute approximate surface area is 173 Å². The van der Waals surface area contributed by atoms with Crippen molar-refractivity contribution in [3.63, 3.8) is 0 Å². The average Bonchev–Trinajstić information content (AvgIpc) is 2.73. The van der Waals surface area contributed by atoms with E-state index in [4.69, 9.17) is 10.1 Å². The van der Waals surface area contributed by atoms with Gasteiger partial charge in [-0.25, -0.2) is 18.5 Å². The second kappa shape index (κ2) is 7.54. The highest BCUT2D eigenvalue weighted by atomic mass is 32.2. The van der Waals surface area contributed by atoms with Gasteiger partial charge in [0.25, 0.3) is 5.69 Å². The van der Waals surface area contributed by atoms with Gasteiger partial charge in [-0.05, 0) is 36.8 Å². The molecule has 2 heterocycles. The Morgan fingerprint density at radius 1 is 1.03 bits per heavy atom. The van der Waals surface area contributed by atoms with Crippen LogP contribution in [0.5, 0.6) is 0 Å².